The first-order chi connectivity index (χ1) is 13.4. The zero-order valence-electron chi connectivity index (χ0n) is 16.5. The third-order valence-corrected chi connectivity index (χ3v) is 5.90. The van der Waals surface area contributed by atoms with Crippen LogP contribution in [0.3, 0.4) is 0 Å². The van der Waals surface area contributed by atoms with Gasteiger partial charge >= 0.3 is 11.9 Å². The van der Waals surface area contributed by atoms with Gasteiger partial charge < -0.3 is 14.8 Å². The number of thiophene rings is 1. The van der Waals surface area contributed by atoms with E-state index in [1.807, 2.05) is 30.7 Å². The lowest BCUT2D eigenvalue weighted by molar-refractivity contribution is -0.153. The van der Waals surface area contributed by atoms with E-state index in [-0.39, 0.29) is 24.9 Å². The number of nitrogens with one attached hydrogen (secondary N) is 1. The van der Waals surface area contributed by atoms with Gasteiger partial charge in [0.2, 0.25) is 0 Å². The Morgan fingerprint density at radius 2 is 1.96 bits per heavy atom. The fourth-order valence-electron chi connectivity index (χ4n) is 4.04. The molecule has 0 unspecified atom stereocenters. The molecule has 0 saturated carbocycles. The molecule has 0 bridgehead atoms. The maximum atomic E-state index is 13.5. The van der Waals surface area contributed by atoms with Crippen LogP contribution in [0.1, 0.15) is 45.6 Å². The second-order valence-electron chi connectivity index (χ2n) is 7.04. The van der Waals surface area contributed by atoms with Crippen molar-refractivity contribution in [1.82, 2.24) is 5.32 Å². The molecule has 1 aromatic heterocycles. The van der Waals surface area contributed by atoms with Crippen molar-refractivity contribution in [3.63, 3.8) is 0 Å². The zero-order valence-corrected chi connectivity index (χ0v) is 17.4. The number of dihydropyridines is 1. The number of Topliss-reactive ketones (excluding diaryl/α,β-unsaturated/α-hetero) is 1. The number of carbonyl (C=O) groups excluding carboxylic acids is 3. The topological polar surface area (TPSA) is 81.7 Å². The summed E-state index contributed by atoms with van der Waals surface area (Å²) in [6, 6.07) is 1.91. The smallest absolute Gasteiger partial charge is 0.336 e. The van der Waals surface area contributed by atoms with E-state index in [0.29, 0.717) is 23.3 Å². The largest absolute Gasteiger partial charge is 0.465 e. The Kier molecular flexibility index (Phi) is 6.03. The highest BCUT2D eigenvalue weighted by molar-refractivity contribution is 7.08. The van der Waals surface area contributed by atoms with Crippen molar-refractivity contribution in [2.24, 2.45) is 11.8 Å². The molecule has 1 aliphatic heterocycles. The van der Waals surface area contributed by atoms with E-state index in [4.69, 9.17) is 9.47 Å². The fourth-order valence-corrected chi connectivity index (χ4v) is 4.72. The first-order valence-electron chi connectivity index (χ1n) is 9.51. The van der Waals surface area contributed by atoms with Crippen molar-refractivity contribution in [3.8, 4) is 0 Å². The summed E-state index contributed by atoms with van der Waals surface area (Å²) in [7, 11) is 0. The molecule has 1 aliphatic carbocycles. The summed E-state index contributed by atoms with van der Waals surface area (Å²) in [4.78, 5) is 38.7. The van der Waals surface area contributed by atoms with Gasteiger partial charge in [-0.1, -0.05) is 6.92 Å². The maximum Gasteiger partial charge on any atom is 0.336 e. The number of esters is 2. The zero-order chi connectivity index (χ0) is 20.4. The second-order valence-corrected chi connectivity index (χ2v) is 7.82. The Balaban J connectivity index is 2.11. The molecule has 2 heterocycles. The van der Waals surface area contributed by atoms with Gasteiger partial charge in [-0.3, -0.25) is 9.59 Å². The summed E-state index contributed by atoms with van der Waals surface area (Å²) < 4.78 is 10.4. The minimum atomic E-state index is -0.858. The van der Waals surface area contributed by atoms with Gasteiger partial charge in [0.1, 0.15) is 5.92 Å². The molecule has 3 rings (SSSR count). The standard InChI is InChI=1S/C21H25NO5S/c1-5-26-20(24)15-11(3)9-14-18(19(15)23)17(13-7-8-28-10-13)16(12(4)22-14)21(25)27-6-2/h7-8,10-11,15,17,22H,5-6,9H2,1-4H3/t11-,15-,17-/m1/s1. The average Bonchev–Trinajstić information content (AvgIpc) is 3.15. The van der Waals surface area contributed by atoms with Crippen LogP contribution in [0.25, 0.3) is 0 Å². The minimum absolute atomic E-state index is 0.183. The third kappa shape index (κ3) is 3.51. The molecule has 0 spiro atoms. The van der Waals surface area contributed by atoms with E-state index in [9.17, 15) is 14.4 Å². The van der Waals surface area contributed by atoms with E-state index in [1.165, 1.54) is 11.3 Å². The monoisotopic (exact) mass is 403 g/mol. The molecule has 0 fully saturated rings. The van der Waals surface area contributed by atoms with Crippen LogP contribution in [-0.2, 0) is 23.9 Å². The summed E-state index contributed by atoms with van der Waals surface area (Å²) in [6.07, 6.45) is 0.540. The molecule has 1 N–H and O–H groups in total. The molecular formula is C21H25NO5S. The normalized spacial score (nSPS) is 24.6. The van der Waals surface area contributed by atoms with Crippen molar-refractivity contribution >= 4 is 29.1 Å². The Bertz CT molecular complexity index is 852. The molecule has 2 aliphatic rings. The van der Waals surface area contributed by atoms with Gasteiger partial charge in [-0.15, -0.1) is 0 Å². The van der Waals surface area contributed by atoms with Gasteiger partial charge in [0, 0.05) is 22.9 Å². The molecule has 28 heavy (non-hydrogen) atoms. The van der Waals surface area contributed by atoms with Gasteiger partial charge in [0.25, 0.3) is 0 Å². The highest BCUT2D eigenvalue weighted by Crippen LogP contribution is 2.45. The molecule has 6 nitrogen and oxygen atoms in total. The molecule has 0 saturated heterocycles. The maximum absolute atomic E-state index is 13.5. The number of carbonyl (C=O) groups is 3. The van der Waals surface area contributed by atoms with E-state index in [0.717, 1.165) is 11.3 Å². The first-order valence-corrected chi connectivity index (χ1v) is 10.5. The number of ether oxygens (including phenoxy) is 2. The van der Waals surface area contributed by atoms with Crippen molar-refractivity contribution in [2.45, 2.75) is 40.0 Å². The van der Waals surface area contributed by atoms with Gasteiger partial charge in [-0.25, -0.2) is 4.79 Å². The van der Waals surface area contributed by atoms with Gasteiger partial charge in [-0.05, 0) is 55.5 Å². The molecule has 0 aromatic carbocycles. The van der Waals surface area contributed by atoms with Gasteiger partial charge in [-0.2, -0.15) is 11.3 Å². The summed E-state index contributed by atoms with van der Waals surface area (Å²) in [5.74, 6) is -2.81. The van der Waals surface area contributed by atoms with Crippen LogP contribution in [0, 0.1) is 11.8 Å². The van der Waals surface area contributed by atoms with Crippen LogP contribution < -0.4 is 5.32 Å². The SMILES string of the molecule is CCOC(=O)C1=C(C)NC2=C(C(=O)[C@H](C(=O)OCC)[C@H](C)C2)[C@@H]1c1ccsc1. The Labute approximate surface area is 168 Å². The van der Waals surface area contributed by atoms with Crippen molar-refractivity contribution in [3.05, 3.63) is 44.9 Å². The molecule has 150 valence electrons. The fraction of sp³-hybridized carbons (Fsp3) is 0.476. The Hall–Kier alpha value is -2.41. The molecule has 0 radical (unpaired) electrons. The van der Waals surface area contributed by atoms with Crippen LogP contribution in [0.15, 0.2) is 39.4 Å². The van der Waals surface area contributed by atoms with E-state index < -0.39 is 23.8 Å². The first kappa shape index (κ1) is 20.3. The highest BCUT2D eigenvalue weighted by Gasteiger charge is 2.47. The lowest BCUT2D eigenvalue weighted by Gasteiger charge is -2.38. The number of hydrogen-bond acceptors (Lipinski definition) is 7. The summed E-state index contributed by atoms with van der Waals surface area (Å²) in [5, 5.41) is 7.08. The lowest BCUT2D eigenvalue weighted by Crippen LogP contribution is -2.43. The lowest BCUT2D eigenvalue weighted by atomic mass is 9.69. The number of hydrogen-bond donors (Lipinski definition) is 1. The Morgan fingerprint density at radius 1 is 1.25 bits per heavy atom. The van der Waals surface area contributed by atoms with Gasteiger partial charge in [0.15, 0.2) is 5.78 Å². The third-order valence-electron chi connectivity index (χ3n) is 5.20. The molecular weight excluding hydrogens is 378 g/mol. The van der Waals surface area contributed by atoms with Crippen LogP contribution in [-0.4, -0.2) is 30.9 Å². The summed E-state index contributed by atoms with van der Waals surface area (Å²) in [5.41, 5.74) is 3.21. The van der Waals surface area contributed by atoms with E-state index >= 15 is 0 Å². The predicted molar refractivity (Wildman–Crippen MR) is 105 cm³/mol. The van der Waals surface area contributed by atoms with Crippen molar-refractivity contribution in [1.29, 1.82) is 0 Å². The highest BCUT2D eigenvalue weighted by atomic mass is 32.1. The van der Waals surface area contributed by atoms with E-state index in [2.05, 4.69) is 5.32 Å². The predicted octanol–water partition coefficient (Wildman–Crippen LogP) is 3.31. The molecule has 1 aromatic rings. The molecule has 0 amide bonds. The van der Waals surface area contributed by atoms with Crippen molar-refractivity contribution < 1.29 is 23.9 Å². The Morgan fingerprint density at radius 3 is 2.57 bits per heavy atom. The second kappa shape index (κ2) is 8.31. The van der Waals surface area contributed by atoms with Crippen LogP contribution in [0.2, 0.25) is 0 Å². The number of rotatable bonds is 5. The number of ketones is 1. The average molecular weight is 404 g/mol. The van der Waals surface area contributed by atoms with Crippen LogP contribution in [0.5, 0.6) is 0 Å². The number of allylic oxidation sites excluding steroid dienone is 3. The summed E-state index contributed by atoms with van der Waals surface area (Å²) >= 11 is 1.50. The molecule has 7 heteroatoms. The summed E-state index contributed by atoms with van der Waals surface area (Å²) in [6.45, 7) is 7.64. The van der Waals surface area contributed by atoms with Gasteiger partial charge in [0.05, 0.1) is 18.8 Å². The quantitative estimate of drug-likeness (QED) is 0.600. The minimum Gasteiger partial charge on any atom is -0.465 e. The van der Waals surface area contributed by atoms with Crippen molar-refractivity contribution in [2.75, 3.05) is 13.2 Å². The van der Waals surface area contributed by atoms with E-state index in [1.54, 1.807) is 13.8 Å². The van der Waals surface area contributed by atoms with Crippen LogP contribution in [0.4, 0.5) is 0 Å². The molecule has 3 atom stereocenters. The van der Waals surface area contributed by atoms with Crippen LogP contribution >= 0.6 is 11.3 Å².